The van der Waals surface area contributed by atoms with Gasteiger partial charge in [-0.05, 0) is 26.0 Å². The number of carbonyl (C=O) groups excluding carboxylic acids is 2. The lowest BCUT2D eigenvalue weighted by molar-refractivity contribution is -0.116. The van der Waals surface area contributed by atoms with Crippen LogP contribution in [0.25, 0.3) is 0 Å². The van der Waals surface area contributed by atoms with Gasteiger partial charge < -0.3 is 25.2 Å². The number of anilines is 2. The maximum absolute atomic E-state index is 12.2. The number of ether oxygens (including phenoxy) is 1. The van der Waals surface area contributed by atoms with Crippen LogP contribution in [0, 0.1) is 0 Å². The van der Waals surface area contributed by atoms with Crippen LogP contribution < -0.4 is 20.4 Å². The van der Waals surface area contributed by atoms with Crippen LogP contribution >= 0.6 is 0 Å². The second-order valence-corrected chi connectivity index (χ2v) is 6.31. The Hall–Kier alpha value is -2.28. The molecule has 0 radical (unpaired) electrons. The fraction of sp³-hybridized carbons (Fsp3) is 0.556. The highest BCUT2D eigenvalue weighted by molar-refractivity contribution is 5.95. The van der Waals surface area contributed by atoms with E-state index < -0.39 is 0 Å². The van der Waals surface area contributed by atoms with Crippen LogP contribution in [0.1, 0.15) is 20.8 Å². The predicted molar refractivity (Wildman–Crippen MR) is 99.2 cm³/mol. The average Bonchev–Trinajstić information content (AvgIpc) is 2.58. The number of nitrogens with zero attached hydrogens (tertiary/aromatic N) is 2. The molecular weight excluding hydrogens is 320 g/mol. The molecule has 1 aliphatic rings. The molecule has 7 heteroatoms. The molecule has 1 aromatic rings. The number of hydrogen-bond acceptors (Lipinski definition) is 4. The molecule has 1 saturated heterocycles. The van der Waals surface area contributed by atoms with Crippen molar-refractivity contribution in [3.8, 4) is 0 Å². The Kier molecular flexibility index (Phi) is 7.06. The summed E-state index contributed by atoms with van der Waals surface area (Å²) in [6, 6.07) is 7.72. The van der Waals surface area contributed by atoms with E-state index in [0.717, 1.165) is 24.5 Å². The quantitative estimate of drug-likeness (QED) is 0.819. The van der Waals surface area contributed by atoms with Crippen molar-refractivity contribution in [3.05, 3.63) is 24.3 Å². The maximum atomic E-state index is 12.2. The molecule has 7 nitrogen and oxygen atoms in total. The molecule has 0 aromatic heterocycles. The number of amides is 3. The molecule has 0 aliphatic carbocycles. The van der Waals surface area contributed by atoms with Gasteiger partial charge >= 0.3 is 6.03 Å². The summed E-state index contributed by atoms with van der Waals surface area (Å²) in [5.74, 6) is -0.0493. The summed E-state index contributed by atoms with van der Waals surface area (Å²) < 4.78 is 5.42. The summed E-state index contributed by atoms with van der Waals surface area (Å²) in [6.07, 6.45) is 0. The van der Waals surface area contributed by atoms with Gasteiger partial charge in [0, 0.05) is 39.1 Å². The third-order valence-electron chi connectivity index (χ3n) is 3.95. The Morgan fingerprint density at radius 1 is 1.24 bits per heavy atom. The molecule has 0 atom stereocenters. The summed E-state index contributed by atoms with van der Waals surface area (Å²) in [6.45, 7) is 9.13. The van der Waals surface area contributed by atoms with Crippen LogP contribution in [0.4, 0.5) is 16.2 Å². The lowest BCUT2D eigenvalue weighted by Gasteiger charge is -2.33. The first-order valence-electron chi connectivity index (χ1n) is 8.73. The molecule has 3 amide bonds. The first-order valence-corrected chi connectivity index (χ1v) is 8.73. The van der Waals surface area contributed by atoms with Crippen LogP contribution in [0.2, 0.25) is 0 Å². The van der Waals surface area contributed by atoms with Gasteiger partial charge in [-0.1, -0.05) is 12.1 Å². The highest BCUT2D eigenvalue weighted by atomic mass is 16.5. The van der Waals surface area contributed by atoms with Crippen molar-refractivity contribution in [2.75, 3.05) is 49.2 Å². The van der Waals surface area contributed by atoms with Crippen LogP contribution in [0.3, 0.4) is 0 Å². The monoisotopic (exact) mass is 348 g/mol. The van der Waals surface area contributed by atoms with Gasteiger partial charge in [-0.2, -0.15) is 0 Å². The zero-order valence-electron chi connectivity index (χ0n) is 15.2. The lowest BCUT2D eigenvalue weighted by atomic mass is 10.2. The molecule has 2 rings (SSSR count). The molecule has 1 heterocycles. The molecule has 2 N–H and O–H groups in total. The van der Waals surface area contributed by atoms with Crippen molar-refractivity contribution in [3.63, 3.8) is 0 Å². The van der Waals surface area contributed by atoms with Crippen LogP contribution in [0.15, 0.2) is 24.3 Å². The third-order valence-corrected chi connectivity index (χ3v) is 3.95. The van der Waals surface area contributed by atoms with E-state index >= 15 is 0 Å². The molecule has 1 aliphatic heterocycles. The van der Waals surface area contributed by atoms with Crippen molar-refractivity contribution >= 4 is 23.3 Å². The van der Waals surface area contributed by atoms with Gasteiger partial charge in [0.05, 0.1) is 24.6 Å². The molecular formula is C18H28N4O3. The van der Waals surface area contributed by atoms with Gasteiger partial charge in [0.15, 0.2) is 0 Å². The molecule has 25 heavy (non-hydrogen) atoms. The summed E-state index contributed by atoms with van der Waals surface area (Å²) in [7, 11) is 0. The number of nitrogens with one attached hydrogen (secondary N) is 2. The van der Waals surface area contributed by atoms with Crippen LogP contribution in [0.5, 0.6) is 0 Å². The first kappa shape index (κ1) is 19.1. The van der Waals surface area contributed by atoms with E-state index in [1.165, 1.54) is 0 Å². The molecule has 1 fully saturated rings. The highest BCUT2D eigenvalue weighted by Crippen LogP contribution is 2.29. The van der Waals surface area contributed by atoms with E-state index in [0.29, 0.717) is 26.3 Å². The largest absolute Gasteiger partial charge is 0.378 e. The fourth-order valence-corrected chi connectivity index (χ4v) is 2.81. The van der Waals surface area contributed by atoms with E-state index in [4.69, 9.17) is 4.74 Å². The minimum absolute atomic E-state index is 0.0493. The Morgan fingerprint density at radius 3 is 2.56 bits per heavy atom. The van der Waals surface area contributed by atoms with Crippen molar-refractivity contribution in [1.82, 2.24) is 10.6 Å². The molecule has 0 spiro atoms. The lowest BCUT2D eigenvalue weighted by Crippen LogP contribution is -2.44. The van der Waals surface area contributed by atoms with Gasteiger partial charge in [-0.3, -0.25) is 4.79 Å². The van der Waals surface area contributed by atoms with E-state index in [1.54, 1.807) is 11.8 Å². The first-order chi connectivity index (χ1) is 12.0. The van der Waals surface area contributed by atoms with Crippen LogP contribution in [-0.4, -0.2) is 57.4 Å². The molecule has 0 bridgehead atoms. The minimum atomic E-state index is -0.222. The molecule has 138 valence electrons. The smallest absolute Gasteiger partial charge is 0.315 e. The molecule has 1 aromatic carbocycles. The van der Waals surface area contributed by atoms with Crippen molar-refractivity contribution in [1.29, 1.82) is 0 Å². The number of urea groups is 1. The number of benzene rings is 1. The van der Waals surface area contributed by atoms with Gasteiger partial charge in [0.1, 0.15) is 0 Å². The summed E-state index contributed by atoms with van der Waals surface area (Å²) in [4.78, 5) is 27.8. The molecule has 0 saturated carbocycles. The predicted octanol–water partition coefficient (Wildman–Crippen LogP) is 1.58. The molecule has 0 unspecified atom stereocenters. The zero-order chi connectivity index (χ0) is 18.2. The standard InChI is InChI=1S/C18H28N4O3/c1-14(2)20-18(24)19-8-9-22(15(3)23)17-7-5-4-6-16(17)21-10-12-25-13-11-21/h4-7,14H,8-13H2,1-3H3,(H2,19,20,24). The number of carbonyl (C=O) groups is 2. The Labute approximate surface area is 149 Å². The van der Waals surface area contributed by atoms with E-state index in [1.807, 2.05) is 38.1 Å². The second kappa shape index (κ2) is 9.27. The Balaban J connectivity index is 2.07. The number of morpholine rings is 1. The van der Waals surface area contributed by atoms with E-state index in [2.05, 4.69) is 15.5 Å². The Morgan fingerprint density at radius 2 is 1.92 bits per heavy atom. The highest BCUT2D eigenvalue weighted by Gasteiger charge is 2.20. The van der Waals surface area contributed by atoms with Crippen molar-refractivity contribution in [2.45, 2.75) is 26.8 Å². The van der Waals surface area contributed by atoms with Crippen LogP contribution in [-0.2, 0) is 9.53 Å². The van der Waals surface area contributed by atoms with Crippen molar-refractivity contribution < 1.29 is 14.3 Å². The number of rotatable bonds is 6. The number of hydrogen-bond donors (Lipinski definition) is 2. The summed E-state index contributed by atoms with van der Waals surface area (Å²) >= 11 is 0. The second-order valence-electron chi connectivity index (χ2n) is 6.31. The van der Waals surface area contributed by atoms with Gasteiger partial charge in [0.2, 0.25) is 5.91 Å². The maximum Gasteiger partial charge on any atom is 0.315 e. The van der Waals surface area contributed by atoms with E-state index in [-0.39, 0.29) is 18.0 Å². The third kappa shape index (κ3) is 5.63. The van der Waals surface area contributed by atoms with E-state index in [9.17, 15) is 9.59 Å². The van der Waals surface area contributed by atoms with Crippen molar-refractivity contribution in [2.24, 2.45) is 0 Å². The average molecular weight is 348 g/mol. The summed E-state index contributed by atoms with van der Waals surface area (Å²) in [5.41, 5.74) is 1.88. The Bertz CT molecular complexity index is 585. The SMILES string of the molecule is CC(=O)N(CCNC(=O)NC(C)C)c1ccccc1N1CCOCC1. The number of para-hydroxylation sites is 2. The van der Waals surface area contributed by atoms with Gasteiger partial charge in [0.25, 0.3) is 0 Å². The summed E-state index contributed by atoms with van der Waals surface area (Å²) in [5, 5.41) is 5.56. The zero-order valence-corrected chi connectivity index (χ0v) is 15.2. The normalized spacial score (nSPS) is 14.3. The van der Waals surface area contributed by atoms with Gasteiger partial charge in [-0.15, -0.1) is 0 Å². The fourth-order valence-electron chi connectivity index (χ4n) is 2.81. The van der Waals surface area contributed by atoms with Gasteiger partial charge in [-0.25, -0.2) is 4.79 Å². The minimum Gasteiger partial charge on any atom is -0.378 e. The topological polar surface area (TPSA) is 73.9 Å².